The molecule has 2 aromatic heterocycles. The molecule has 0 aliphatic heterocycles. The molecule has 8 heteroatoms. The van der Waals surface area contributed by atoms with Crippen LogP contribution < -0.4 is 10.6 Å². The largest absolute Gasteiger partial charge is 0.338 e. The molecule has 26 heavy (non-hydrogen) atoms. The summed E-state index contributed by atoms with van der Waals surface area (Å²) in [6, 6.07) is 15.2. The Morgan fingerprint density at radius 1 is 0.846 bits per heavy atom. The molecule has 4 rings (SSSR count). The number of anilines is 4. The average Bonchev–Trinajstić information content (AvgIpc) is 3.02. The van der Waals surface area contributed by atoms with E-state index in [1.807, 2.05) is 37.3 Å². The Hall–Kier alpha value is -2.41. The third kappa shape index (κ3) is 3.44. The van der Waals surface area contributed by atoms with Gasteiger partial charge in [0.25, 0.3) is 0 Å². The van der Waals surface area contributed by atoms with Crippen molar-refractivity contribution >= 4 is 67.2 Å². The number of fused-ring (bicyclic) bond motifs is 1. The van der Waals surface area contributed by atoms with Crippen LogP contribution in [-0.2, 0) is 0 Å². The van der Waals surface area contributed by atoms with Crippen molar-refractivity contribution in [1.82, 2.24) is 15.0 Å². The minimum absolute atomic E-state index is 0.529. The molecule has 0 atom stereocenters. The zero-order valence-electron chi connectivity index (χ0n) is 13.6. The zero-order chi connectivity index (χ0) is 18.1. The Labute approximate surface area is 164 Å². The lowest BCUT2D eigenvalue weighted by atomic mass is 10.3. The van der Waals surface area contributed by atoms with Crippen LogP contribution in [0.2, 0.25) is 10.0 Å². The molecule has 0 bridgehead atoms. The smallest absolute Gasteiger partial charge is 0.190 e. The SMILES string of the molecule is Cc1nc(Nc2ccccc2)c2nc(Nc3c(Cl)cccc3Cl)sc2n1. The van der Waals surface area contributed by atoms with Crippen molar-refractivity contribution in [1.29, 1.82) is 0 Å². The monoisotopic (exact) mass is 401 g/mol. The first-order valence-corrected chi connectivity index (χ1v) is 9.35. The lowest BCUT2D eigenvalue weighted by Crippen LogP contribution is -1.98. The number of nitrogens with one attached hydrogen (secondary N) is 2. The molecule has 0 fully saturated rings. The minimum atomic E-state index is 0.529. The molecule has 4 aromatic rings. The normalized spacial score (nSPS) is 10.9. The number of hydrogen-bond donors (Lipinski definition) is 2. The summed E-state index contributed by atoms with van der Waals surface area (Å²) in [6.07, 6.45) is 0. The first-order chi connectivity index (χ1) is 12.6. The highest BCUT2D eigenvalue weighted by atomic mass is 35.5. The number of rotatable bonds is 4. The first kappa shape index (κ1) is 17.0. The standard InChI is InChI=1S/C18H13Cl2N5S/c1-10-21-16(23-11-6-3-2-4-7-11)15-17(22-10)26-18(25-15)24-14-12(19)8-5-9-13(14)20/h2-9H,1H3,(H,24,25)(H,21,22,23). The van der Waals surface area contributed by atoms with Gasteiger partial charge in [-0.25, -0.2) is 15.0 Å². The van der Waals surface area contributed by atoms with Crippen molar-refractivity contribution in [3.05, 3.63) is 64.4 Å². The maximum Gasteiger partial charge on any atom is 0.190 e. The van der Waals surface area contributed by atoms with Crippen LogP contribution in [0.25, 0.3) is 10.3 Å². The fourth-order valence-corrected chi connectivity index (χ4v) is 3.83. The summed E-state index contributed by atoms with van der Waals surface area (Å²) in [5.41, 5.74) is 2.25. The van der Waals surface area contributed by atoms with Crippen molar-refractivity contribution < 1.29 is 0 Å². The molecule has 0 saturated carbocycles. The van der Waals surface area contributed by atoms with Gasteiger partial charge in [-0.05, 0) is 31.2 Å². The van der Waals surface area contributed by atoms with Gasteiger partial charge in [0, 0.05) is 5.69 Å². The van der Waals surface area contributed by atoms with Crippen LogP contribution in [0, 0.1) is 6.92 Å². The first-order valence-electron chi connectivity index (χ1n) is 7.78. The van der Waals surface area contributed by atoms with Crippen LogP contribution in [-0.4, -0.2) is 15.0 Å². The number of hydrogen-bond acceptors (Lipinski definition) is 6. The summed E-state index contributed by atoms with van der Waals surface area (Å²) >= 11 is 13.9. The maximum atomic E-state index is 6.23. The molecule has 0 aliphatic rings. The van der Waals surface area contributed by atoms with E-state index in [0.29, 0.717) is 38.0 Å². The van der Waals surface area contributed by atoms with Gasteiger partial charge in [-0.2, -0.15) is 0 Å². The van der Waals surface area contributed by atoms with Crippen LogP contribution in [0.3, 0.4) is 0 Å². The third-order valence-corrected chi connectivity index (χ3v) is 5.10. The highest BCUT2D eigenvalue weighted by molar-refractivity contribution is 7.21. The Bertz CT molecular complexity index is 1060. The van der Waals surface area contributed by atoms with Crippen molar-refractivity contribution in [3.8, 4) is 0 Å². The molecule has 0 unspecified atom stereocenters. The van der Waals surface area contributed by atoms with Gasteiger partial charge >= 0.3 is 0 Å². The van der Waals surface area contributed by atoms with Crippen LogP contribution in [0.4, 0.5) is 22.3 Å². The second-order valence-electron chi connectivity index (χ2n) is 5.50. The van der Waals surface area contributed by atoms with Crippen LogP contribution in [0.15, 0.2) is 48.5 Å². The number of benzene rings is 2. The number of aromatic nitrogens is 3. The molecular weight excluding hydrogens is 389 g/mol. The van der Waals surface area contributed by atoms with Gasteiger partial charge in [0.15, 0.2) is 15.8 Å². The molecule has 130 valence electrons. The number of nitrogens with zero attached hydrogens (tertiary/aromatic N) is 3. The summed E-state index contributed by atoms with van der Waals surface area (Å²) in [7, 11) is 0. The topological polar surface area (TPSA) is 62.7 Å². The number of thiazole rings is 1. The molecule has 0 saturated heterocycles. The quantitative estimate of drug-likeness (QED) is 0.426. The summed E-state index contributed by atoms with van der Waals surface area (Å²) < 4.78 is 0. The van der Waals surface area contributed by atoms with Gasteiger partial charge in [-0.1, -0.05) is 58.8 Å². The summed E-state index contributed by atoms with van der Waals surface area (Å²) in [4.78, 5) is 14.4. The van der Waals surface area contributed by atoms with Gasteiger partial charge < -0.3 is 10.6 Å². The maximum absolute atomic E-state index is 6.23. The van der Waals surface area contributed by atoms with Crippen LogP contribution in [0.1, 0.15) is 5.82 Å². The molecule has 0 amide bonds. The van der Waals surface area contributed by atoms with E-state index < -0.39 is 0 Å². The average molecular weight is 402 g/mol. The Morgan fingerprint density at radius 3 is 2.31 bits per heavy atom. The number of halogens is 2. The van der Waals surface area contributed by atoms with E-state index in [1.165, 1.54) is 11.3 Å². The second kappa shape index (κ2) is 7.07. The predicted molar refractivity (Wildman–Crippen MR) is 109 cm³/mol. The number of aryl methyl sites for hydroxylation is 1. The fraction of sp³-hybridized carbons (Fsp3) is 0.0556. The molecule has 0 aliphatic carbocycles. The van der Waals surface area contributed by atoms with Crippen molar-refractivity contribution in [2.45, 2.75) is 6.92 Å². The highest BCUT2D eigenvalue weighted by Crippen LogP contribution is 2.36. The van der Waals surface area contributed by atoms with E-state index in [2.05, 4.69) is 25.6 Å². The Morgan fingerprint density at radius 2 is 1.58 bits per heavy atom. The lowest BCUT2D eigenvalue weighted by Gasteiger charge is -2.07. The van der Waals surface area contributed by atoms with E-state index in [-0.39, 0.29) is 0 Å². The lowest BCUT2D eigenvalue weighted by molar-refractivity contribution is 1.09. The second-order valence-corrected chi connectivity index (χ2v) is 7.30. The fourth-order valence-electron chi connectivity index (χ4n) is 2.45. The van der Waals surface area contributed by atoms with E-state index in [1.54, 1.807) is 18.2 Å². The Balaban J connectivity index is 1.74. The van der Waals surface area contributed by atoms with Gasteiger partial charge in [0.05, 0.1) is 15.7 Å². The molecule has 2 aromatic carbocycles. The van der Waals surface area contributed by atoms with Crippen molar-refractivity contribution in [3.63, 3.8) is 0 Å². The van der Waals surface area contributed by atoms with E-state index in [4.69, 9.17) is 23.2 Å². The summed E-state index contributed by atoms with van der Waals surface area (Å²) in [6.45, 7) is 1.85. The van der Waals surface area contributed by atoms with Crippen LogP contribution in [0.5, 0.6) is 0 Å². The predicted octanol–water partition coefficient (Wildman–Crippen LogP) is 6.19. The minimum Gasteiger partial charge on any atom is -0.338 e. The van der Waals surface area contributed by atoms with Gasteiger partial charge in [0.2, 0.25) is 0 Å². The van der Waals surface area contributed by atoms with Gasteiger partial charge in [0.1, 0.15) is 11.3 Å². The van der Waals surface area contributed by atoms with Gasteiger partial charge in [-0.15, -0.1) is 0 Å². The van der Waals surface area contributed by atoms with E-state index in [0.717, 1.165) is 10.5 Å². The molecular formula is C18H13Cl2N5S. The molecule has 5 nitrogen and oxygen atoms in total. The molecule has 0 spiro atoms. The van der Waals surface area contributed by atoms with Crippen molar-refractivity contribution in [2.24, 2.45) is 0 Å². The Kier molecular flexibility index (Phi) is 4.63. The van der Waals surface area contributed by atoms with Crippen molar-refractivity contribution in [2.75, 3.05) is 10.6 Å². The number of para-hydroxylation sites is 2. The zero-order valence-corrected chi connectivity index (χ0v) is 16.0. The van der Waals surface area contributed by atoms with E-state index in [9.17, 15) is 0 Å². The highest BCUT2D eigenvalue weighted by Gasteiger charge is 2.14. The molecule has 2 N–H and O–H groups in total. The summed E-state index contributed by atoms with van der Waals surface area (Å²) in [5, 5.41) is 8.19. The van der Waals surface area contributed by atoms with Crippen LogP contribution >= 0.6 is 34.5 Å². The third-order valence-electron chi connectivity index (χ3n) is 3.60. The molecule has 2 heterocycles. The van der Waals surface area contributed by atoms with Gasteiger partial charge in [-0.3, -0.25) is 0 Å². The van der Waals surface area contributed by atoms with E-state index >= 15 is 0 Å². The summed E-state index contributed by atoms with van der Waals surface area (Å²) in [5.74, 6) is 1.33. The molecule has 0 radical (unpaired) electrons.